The van der Waals surface area contributed by atoms with Crippen molar-refractivity contribution in [2.24, 2.45) is 0 Å². The lowest BCUT2D eigenvalue weighted by molar-refractivity contribution is 0.457. The van der Waals surface area contributed by atoms with E-state index in [4.69, 9.17) is 4.52 Å². The number of rotatable bonds is 1. The first-order valence-electron chi connectivity index (χ1n) is 4.80. The van der Waals surface area contributed by atoms with Crippen LogP contribution in [0.2, 0.25) is 0 Å². The lowest BCUT2D eigenvalue weighted by Crippen LogP contribution is -1.79. The summed E-state index contributed by atoms with van der Waals surface area (Å²) >= 11 is 0. The molecule has 0 aliphatic rings. The van der Waals surface area contributed by atoms with Gasteiger partial charge in [0.1, 0.15) is 11.5 Å². The number of benzene rings is 1. The summed E-state index contributed by atoms with van der Waals surface area (Å²) in [6.45, 7) is 0. The highest BCUT2D eigenvalue weighted by molar-refractivity contribution is 5.91. The zero-order chi connectivity index (χ0) is 11.0. The average Bonchev–Trinajstić information content (AvgIpc) is 2.73. The highest BCUT2D eigenvalue weighted by atomic mass is 19.1. The summed E-state index contributed by atoms with van der Waals surface area (Å²) in [5.41, 5.74) is 2.06. The van der Waals surface area contributed by atoms with Gasteiger partial charge in [0.05, 0.1) is 0 Å². The van der Waals surface area contributed by atoms with Gasteiger partial charge in [-0.25, -0.2) is 4.39 Å². The number of fused-ring (bicyclic) bond motifs is 1. The van der Waals surface area contributed by atoms with Crippen molar-refractivity contribution in [3.05, 3.63) is 48.5 Å². The summed E-state index contributed by atoms with van der Waals surface area (Å²) < 4.78 is 18.0. The van der Waals surface area contributed by atoms with E-state index >= 15 is 0 Å². The predicted molar refractivity (Wildman–Crippen MR) is 57.2 cm³/mol. The first-order chi connectivity index (χ1) is 7.84. The molecule has 2 aromatic heterocycles. The van der Waals surface area contributed by atoms with Crippen LogP contribution in [0, 0.1) is 5.82 Å². The molecule has 3 rings (SSSR count). The van der Waals surface area contributed by atoms with Gasteiger partial charge < -0.3 is 4.52 Å². The standard InChI is InChI=1S/C12H7FN2O/c13-9-1-2-10-11(7-9)16-15-12(10)8-3-5-14-6-4-8/h1-7H. The molecule has 0 amide bonds. The highest BCUT2D eigenvalue weighted by Crippen LogP contribution is 2.27. The molecule has 0 radical (unpaired) electrons. The normalized spacial score (nSPS) is 10.8. The second-order valence-electron chi connectivity index (χ2n) is 3.41. The van der Waals surface area contributed by atoms with E-state index in [1.54, 1.807) is 18.5 Å². The van der Waals surface area contributed by atoms with Crippen LogP contribution >= 0.6 is 0 Å². The Kier molecular flexibility index (Phi) is 1.93. The molecule has 78 valence electrons. The van der Waals surface area contributed by atoms with Crippen LogP contribution in [-0.2, 0) is 0 Å². The summed E-state index contributed by atoms with van der Waals surface area (Å²) in [6, 6.07) is 8.05. The fourth-order valence-electron chi connectivity index (χ4n) is 1.63. The van der Waals surface area contributed by atoms with Gasteiger partial charge in [0, 0.05) is 29.4 Å². The van der Waals surface area contributed by atoms with Crippen LogP contribution < -0.4 is 0 Å². The maximum Gasteiger partial charge on any atom is 0.170 e. The maximum atomic E-state index is 13.0. The van der Waals surface area contributed by atoms with Crippen molar-refractivity contribution in [1.82, 2.24) is 10.1 Å². The molecule has 16 heavy (non-hydrogen) atoms. The van der Waals surface area contributed by atoms with E-state index in [9.17, 15) is 4.39 Å². The molecule has 1 aromatic carbocycles. The van der Waals surface area contributed by atoms with Crippen molar-refractivity contribution in [3.8, 4) is 11.3 Å². The van der Waals surface area contributed by atoms with E-state index in [0.717, 1.165) is 10.9 Å². The van der Waals surface area contributed by atoms with Crippen LogP contribution in [0.15, 0.2) is 47.2 Å². The van der Waals surface area contributed by atoms with Gasteiger partial charge in [-0.15, -0.1) is 0 Å². The topological polar surface area (TPSA) is 38.9 Å². The number of nitrogens with zero attached hydrogens (tertiary/aromatic N) is 2. The van der Waals surface area contributed by atoms with Crippen LogP contribution in [0.3, 0.4) is 0 Å². The van der Waals surface area contributed by atoms with Crippen molar-refractivity contribution >= 4 is 11.0 Å². The van der Waals surface area contributed by atoms with Gasteiger partial charge in [-0.1, -0.05) is 5.16 Å². The number of hydrogen-bond acceptors (Lipinski definition) is 3. The monoisotopic (exact) mass is 214 g/mol. The van der Waals surface area contributed by atoms with E-state index < -0.39 is 0 Å². The number of hydrogen-bond donors (Lipinski definition) is 0. The Morgan fingerprint density at radius 1 is 1.06 bits per heavy atom. The zero-order valence-electron chi connectivity index (χ0n) is 8.22. The molecule has 0 saturated heterocycles. The van der Waals surface area contributed by atoms with Crippen molar-refractivity contribution in [2.75, 3.05) is 0 Å². The van der Waals surface area contributed by atoms with E-state index in [1.165, 1.54) is 12.1 Å². The largest absolute Gasteiger partial charge is 0.356 e. The Hall–Kier alpha value is -2.23. The third-order valence-electron chi connectivity index (χ3n) is 2.39. The Morgan fingerprint density at radius 2 is 1.88 bits per heavy atom. The fraction of sp³-hybridized carbons (Fsp3) is 0. The number of pyridine rings is 1. The molecule has 0 fully saturated rings. The SMILES string of the molecule is Fc1ccc2c(-c3ccncc3)noc2c1. The average molecular weight is 214 g/mol. The quantitative estimate of drug-likeness (QED) is 0.625. The third-order valence-corrected chi connectivity index (χ3v) is 2.39. The number of halogens is 1. The van der Waals surface area contributed by atoms with Gasteiger partial charge in [-0.2, -0.15) is 0 Å². The van der Waals surface area contributed by atoms with Crippen LogP contribution in [0.1, 0.15) is 0 Å². The minimum Gasteiger partial charge on any atom is -0.356 e. The summed E-state index contributed by atoms with van der Waals surface area (Å²) in [6.07, 6.45) is 3.36. The smallest absolute Gasteiger partial charge is 0.170 e. The lowest BCUT2D eigenvalue weighted by Gasteiger charge is -1.94. The molecule has 0 spiro atoms. The van der Waals surface area contributed by atoms with Crippen molar-refractivity contribution in [3.63, 3.8) is 0 Å². The van der Waals surface area contributed by atoms with Crippen LogP contribution in [-0.4, -0.2) is 10.1 Å². The van der Waals surface area contributed by atoms with E-state index in [2.05, 4.69) is 10.1 Å². The van der Waals surface area contributed by atoms with E-state index in [1.807, 2.05) is 12.1 Å². The first kappa shape index (κ1) is 9.03. The van der Waals surface area contributed by atoms with E-state index in [0.29, 0.717) is 11.3 Å². The summed E-state index contributed by atoms with van der Waals surface area (Å²) in [4.78, 5) is 3.93. The Bertz CT molecular complexity index is 634. The maximum absolute atomic E-state index is 13.0. The van der Waals surface area contributed by atoms with Crippen molar-refractivity contribution < 1.29 is 8.91 Å². The molecule has 0 bridgehead atoms. The molecule has 0 aliphatic carbocycles. The zero-order valence-corrected chi connectivity index (χ0v) is 8.22. The van der Waals surface area contributed by atoms with Gasteiger partial charge in [0.2, 0.25) is 0 Å². The van der Waals surface area contributed by atoms with Gasteiger partial charge >= 0.3 is 0 Å². The Balaban J connectivity index is 2.26. The van der Waals surface area contributed by atoms with Gasteiger partial charge in [-0.05, 0) is 24.3 Å². The van der Waals surface area contributed by atoms with Gasteiger partial charge in [-0.3, -0.25) is 4.98 Å². The lowest BCUT2D eigenvalue weighted by atomic mass is 10.1. The minimum atomic E-state index is -0.329. The molecule has 3 aromatic rings. The summed E-state index contributed by atoms with van der Waals surface area (Å²) in [5.74, 6) is -0.329. The molecule has 0 N–H and O–H groups in total. The van der Waals surface area contributed by atoms with Crippen LogP contribution in [0.25, 0.3) is 22.2 Å². The highest BCUT2D eigenvalue weighted by Gasteiger charge is 2.10. The van der Waals surface area contributed by atoms with Gasteiger partial charge in [0.15, 0.2) is 5.58 Å². The molecular weight excluding hydrogens is 207 g/mol. The Labute approximate surface area is 90.5 Å². The van der Waals surface area contributed by atoms with E-state index in [-0.39, 0.29) is 5.82 Å². The fourth-order valence-corrected chi connectivity index (χ4v) is 1.63. The molecule has 3 nitrogen and oxygen atoms in total. The van der Waals surface area contributed by atoms with Crippen molar-refractivity contribution in [2.45, 2.75) is 0 Å². The Morgan fingerprint density at radius 3 is 2.69 bits per heavy atom. The third kappa shape index (κ3) is 1.35. The second-order valence-corrected chi connectivity index (χ2v) is 3.41. The molecule has 0 atom stereocenters. The second kappa shape index (κ2) is 3.41. The molecule has 2 heterocycles. The van der Waals surface area contributed by atoms with Crippen molar-refractivity contribution in [1.29, 1.82) is 0 Å². The van der Waals surface area contributed by atoms with Crippen LogP contribution in [0.4, 0.5) is 4.39 Å². The number of aromatic nitrogens is 2. The molecule has 0 aliphatic heterocycles. The first-order valence-corrected chi connectivity index (χ1v) is 4.80. The summed E-state index contributed by atoms with van der Waals surface area (Å²) in [5, 5.41) is 4.74. The molecule has 4 heteroatoms. The molecular formula is C12H7FN2O. The van der Waals surface area contributed by atoms with Crippen LogP contribution in [0.5, 0.6) is 0 Å². The molecule has 0 saturated carbocycles. The predicted octanol–water partition coefficient (Wildman–Crippen LogP) is 3.03. The minimum absolute atomic E-state index is 0.329. The molecule has 0 unspecified atom stereocenters. The van der Waals surface area contributed by atoms with Gasteiger partial charge in [0.25, 0.3) is 0 Å². The summed E-state index contributed by atoms with van der Waals surface area (Å²) in [7, 11) is 0.